The van der Waals surface area contributed by atoms with Gasteiger partial charge in [0.05, 0.1) is 5.48 Å². The van der Waals surface area contributed by atoms with Crippen molar-refractivity contribution in [1.82, 2.24) is 15.0 Å². The van der Waals surface area contributed by atoms with E-state index >= 15 is 0 Å². The van der Waals surface area contributed by atoms with E-state index in [0.717, 1.165) is 69.2 Å². The van der Waals surface area contributed by atoms with Crippen molar-refractivity contribution in [3.63, 3.8) is 0 Å². The van der Waals surface area contributed by atoms with Gasteiger partial charge in [-0.3, -0.25) is 0 Å². The van der Waals surface area contributed by atoms with Gasteiger partial charge in [-0.15, -0.1) is 22.7 Å². The molecule has 0 N–H and O–H groups in total. The summed E-state index contributed by atoms with van der Waals surface area (Å²) >= 11 is 3.15. The Morgan fingerprint density at radius 1 is 0.400 bits per heavy atom. The molecule has 0 unspecified atom stereocenters. The van der Waals surface area contributed by atoms with Crippen molar-refractivity contribution < 1.29 is 5.48 Å². The summed E-state index contributed by atoms with van der Waals surface area (Å²) in [4.78, 5) is 14.8. The number of rotatable bonds is 5. The van der Waals surface area contributed by atoms with E-state index in [0.29, 0.717) is 27.6 Å². The molecule has 0 radical (unpaired) electrons. The zero-order valence-corrected chi connectivity index (χ0v) is 28.1. The monoisotopic (exact) mass is 677 g/mol. The molecule has 0 spiro atoms. The predicted molar refractivity (Wildman–Crippen MR) is 213 cm³/mol. The molecule has 0 aliphatic carbocycles. The molecule has 3 aromatic heterocycles. The Bertz CT molecular complexity index is 3030. The first-order chi connectivity index (χ1) is 26.4. The lowest BCUT2D eigenvalue weighted by Gasteiger charge is -2.11. The Morgan fingerprint density at radius 2 is 1.00 bits per heavy atom. The van der Waals surface area contributed by atoms with Gasteiger partial charge in [-0.05, 0) is 40.4 Å². The molecule has 0 aliphatic heterocycles. The minimum absolute atomic E-state index is 0.00643. The summed E-state index contributed by atoms with van der Waals surface area (Å²) in [5.74, 6) is 1.82. The number of fused-ring (bicyclic) bond motifs is 6. The van der Waals surface area contributed by atoms with Gasteiger partial charge >= 0.3 is 0 Å². The van der Waals surface area contributed by atoms with Gasteiger partial charge in [-0.25, -0.2) is 15.0 Å². The lowest BCUT2D eigenvalue weighted by molar-refractivity contribution is 1.07. The van der Waals surface area contributed by atoms with Crippen molar-refractivity contribution in [3.05, 3.63) is 164 Å². The van der Waals surface area contributed by atoms with E-state index in [2.05, 4.69) is 60.7 Å². The maximum atomic E-state index is 9.07. The highest BCUT2D eigenvalue weighted by Gasteiger charge is 2.19. The van der Waals surface area contributed by atoms with Gasteiger partial charge < -0.3 is 0 Å². The third-order valence-electron chi connectivity index (χ3n) is 9.09. The van der Waals surface area contributed by atoms with Crippen LogP contribution in [0.4, 0.5) is 0 Å². The number of hydrogen-bond acceptors (Lipinski definition) is 5. The molecule has 0 bridgehead atoms. The molecule has 3 heterocycles. The van der Waals surface area contributed by atoms with E-state index in [1.165, 1.54) is 11.3 Å². The second kappa shape index (κ2) is 11.8. The van der Waals surface area contributed by atoms with Crippen LogP contribution in [0.15, 0.2) is 164 Å². The summed E-state index contributed by atoms with van der Waals surface area (Å²) in [5.41, 5.74) is 6.71. The third-order valence-corrected chi connectivity index (χ3v) is 11.4. The van der Waals surface area contributed by atoms with Crippen LogP contribution in [0.5, 0.6) is 0 Å². The fourth-order valence-corrected chi connectivity index (χ4v) is 9.13. The molecule has 234 valence electrons. The lowest BCUT2D eigenvalue weighted by Crippen LogP contribution is -1.99. The quantitative estimate of drug-likeness (QED) is 0.182. The number of thiophene rings is 2. The molecule has 0 fully saturated rings. The molecule has 0 atom stereocenters. The molecule has 0 aliphatic rings. The molecule has 10 aromatic rings. The van der Waals surface area contributed by atoms with Gasteiger partial charge in [-0.1, -0.05) is 146 Å². The number of hydrogen-bond donors (Lipinski definition) is 0. The van der Waals surface area contributed by atoms with E-state index in [4.69, 9.17) is 20.4 Å². The van der Waals surface area contributed by atoms with Crippen LogP contribution in [0.2, 0.25) is 0 Å². The summed E-state index contributed by atoms with van der Waals surface area (Å²) in [7, 11) is 0. The fraction of sp³-hybridized carbons (Fsp3) is 0. The molecule has 50 heavy (non-hydrogen) atoms. The summed E-state index contributed by atoms with van der Waals surface area (Å²) in [6.45, 7) is 0. The van der Waals surface area contributed by atoms with Crippen molar-refractivity contribution in [1.29, 1.82) is 0 Å². The molecule has 0 saturated carbocycles. The number of aromatic nitrogens is 3. The van der Waals surface area contributed by atoms with Crippen molar-refractivity contribution in [3.8, 4) is 56.4 Å². The second-order valence-electron chi connectivity index (χ2n) is 12.1. The zero-order chi connectivity index (χ0) is 36.5. The van der Waals surface area contributed by atoms with E-state index in [9.17, 15) is 0 Å². The minimum atomic E-state index is -0.223. The molecule has 7 aromatic carbocycles. The topological polar surface area (TPSA) is 38.7 Å². The van der Waals surface area contributed by atoms with E-state index < -0.39 is 0 Å². The smallest absolute Gasteiger partial charge is 0.164 e. The predicted octanol–water partition coefficient (Wildman–Crippen LogP) is 12.9. The molecule has 0 amide bonds. The maximum absolute atomic E-state index is 9.07. The van der Waals surface area contributed by atoms with Crippen molar-refractivity contribution in [2.75, 3.05) is 0 Å². The van der Waals surface area contributed by atoms with Gasteiger partial charge in [0.25, 0.3) is 0 Å². The van der Waals surface area contributed by atoms with E-state index in [1.54, 1.807) is 11.3 Å². The number of nitrogens with zero attached hydrogens (tertiary/aromatic N) is 3. The molecule has 5 heteroatoms. The van der Waals surface area contributed by atoms with Crippen LogP contribution in [0, 0.1) is 0 Å². The molecule has 10 rings (SSSR count). The van der Waals surface area contributed by atoms with Crippen molar-refractivity contribution >= 4 is 63.0 Å². The van der Waals surface area contributed by atoms with Gasteiger partial charge in [0, 0.05) is 57.0 Å². The van der Waals surface area contributed by atoms with Gasteiger partial charge in [0.2, 0.25) is 0 Å². The molecule has 3 nitrogen and oxygen atoms in total. The molecular formula is C45H27N3S2. The summed E-state index contributed by atoms with van der Waals surface area (Å²) < 4.78 is 38.7. The SMILES string of the molecule is [2H]c1c([2H])c([2H])c2c(sc3c(-c4ccccc4)ccc(-c4cccc5sc6cc(-c7nc(-c8ccccc8)nc(-c8ccccc8)n7)ccc6c45)c32)c1[2H]. The zero-order valence-electron chi connectivity index (χ0n) is 30.4. The minimum Gasteiger partial charge on any atom is -0.208 e. The third kappa shape index (κ3) is 4.82. The van der Waals surface area contributed by atoms with E-state index in [-0.39, 0.29) is 24.2 Å². The van der Waals surface area contributed by atoms with Crippen LogP contribution in [0.3, 0.4) is 0 Å². The van der Waals surface area contributed by atoms with Gasteiger partial charge in [0.15, 0.2) is 17.5 Å². The largest absolute Gasteiger partial charge is 0.208 e. The normalized spacial score (nSPS) is 12.7. The van der Waals surface area contributed by atoms with Crippen LogP contribution < -0.4 is 0 Å². The standard InChI is InChI=1S/C45H27N3S2/c1-4-13-28(14-5-1)32-25-26-34(41-35-19-10-11-21-37(35)50-42(32)41)33-20-12-22-38-40(33)36-24-23-31(27-39(36)49-38)45-47-43(29-15-6-2-7-16-29)46-44(48-45)30-17-8-3-9-18-30/h1-27H/i10D,11D,19D,21D. The highest BCUT2D eigenvalue weighted by Crippen LogP contribution is 2.48. The summed E-state index contributed by atoms with van der Waals surface area (Å²) in [6, 6.07) is 46.6. The van der Waals surface area contributed by atoms with Crippen molar-refractivity contribution in [2.24, 2.45) is 0 Å². The molecule has 0 saturated heterocycles. The van der Waals surface area contributed by atoms with Gasteiger partial charge in [0.1, 0.15) is 0 Å². The Labute approximate surface area is 302 Å². The van der Waals surface area contributed by atoms with Crippen LogP contribution in [-0.4, -0.2) is 15.0 Å². The van der Waals surface area contributed by atoms with Gasteiger partial charge in [-0.2, -0.15) is 0 Å². The fourth-order valence-electron chi connectivity index (χ4n) is 6.79. The van der Waals surface area contributed by atoms with Crippen LogP contribution in [-0.2, 0) is 0 Å². The summed E-state index contributed by atoms with van der Waals surface area (Å²) in [6.07, 6.45) is 0. The summed E-state index contributed by atoms with van der Waals surface area (Å²) in [5, 5.41) is 3.60. The number of benzene rings is 7. The average Bonchev–Trinajstić information content (AvgIpc) is 3.82. The molecular weight excluding hydrogens is 647 g/mol. The highest BCUT2D eigenvalue weighted by atomic mass is 32.1. The highest BCUT2D eigenvalue weighted by molar-refractivity contribution is 7.26. The second-order valence-corrected chi connectivity index (χ2v) is 14.2. The first-order valence-electron chi connectivity index (χ1n) is 18.3. The first-order valence-corrected chi connectivity index (χ1v) is 17.9. The van der Waals surface area contributed by atoms with Crippen LogP contribution >= 0.6 is 22.7 Å². The Kier molecular flexibility index (Phi) is 5.93. The van der Waals surface area contributed by atoms with Crippen LogP contribution in [0.1, 0.15) is 5.48 Å². The Morgan fingerprint density at radius 3 is 1.70 bits per heavy atom. The van der Waals surface area contributed by atoms with E-state index in [1.807, 2.05) is 78.9 Å². The lowest BCUT2D eigenvalue weighted by atomic mass is 9.92. The Balaban J connectivity index is 1.20. The van der Waals surface area contributed by atoms with Crippen LogP contribution in [0.25, 0.3) is 96.8 Å². The van der Waals surface area contributed by atoms with Crippen molar-refractivity contribution in [2.45, 2.75) is 0 Å². The Hall–Kier alpha value is -6.01. The maximum Gasteiger partial charge on any atom is 0.164 e. The first kappa shape index (κ1) is 25.0. The average molecular weight is 678 g/mol.